The first-order valence-electron chi connectivity index (χ1n) is 14.3. The van der Waals surface area contributed by atoms with E-state index in [4.69, 9.17) is 18.9 Å². The first-order valence-corrected chi connectivity index (χ1v) is 15.7. The highest BCUT2D eigenvalue weighted by Crippen LogP contribution is 2.32. The van der Waals surface area contributed by atoms with Gasteiger partial charge < -0.3 is 29.6 Å². The summed E-state index contributed by atoms with van der Waals surface area (Å²) in [6.45, 7) is 0.272. The molecule has 0 radical (unpaired) electrons. The Hall–Kier alpha value is -4.36. The molecule has 0 unspecified atom stereocenters. The van der Waals surface area contributed by atoms with E-state index in [0.717, 1.165) is 28.8 Å². The third-order valence-electron chi connectivity index (χ3n) is 7.71. The lowest BCUT2D eigenvalue weighted by molar-refractivity contribution is -0.123. The number of nitrogens with one attached hydrogen (secondary N) is 2. The Bertz CT molecular complexity index is 1660. The summed E-state index contributed by atoms with van der Waals surface area (Å²) in [4.78, 5) is 25.8. The zero-order chi connectivity index (χ0) is 30.8. The third-order valence-corrected chi connectivity index (χ3v) is 9.53. The quantitative estimate of drug-likeness (QED) is 0.428. The highest BCUT2D eigenvalue weighted by Gasteiger charge is 2.42. The van der Waals surface area contributed by atoms with Crippen molar-refractivity contribution in [3.8, 4) is 23.0 Å². The van der Waals surface area contributed by atoms with Gasteiger partial charge in [-0.15, -0.1) is 0 Å². The SMILES string of the molecule is COc1ccc(S(=O)(=O)N2C[C@@H]3NC(=O)c4cc(cc(OCC5CC5)c4)OCC(=O)NCc4ccc(cc4)O[C@H]3C2)cc1F. The fourth-order valence-electron chi connectivity index (χ4n) is 5.03. The highest BCUT2D eigenvalue weighted by atomic mass is 32.2. The van der Waals surface area contributed by atoms with Crippen LogP contribution < -0.4 is 29.6 Å². The standard InChI is InChI=1S/C31H32FN3O8S/c1-40-28-9-8-25(13-26(28)32)44(38,39)35-15-27-29(16-35)43-22-6-4-19(5-7-22)14-33-30(36)18-42-24-11-21(31(37)34-27)10-23(12-24)41-17-20-2-3-20/h4-13,20,27,29H,2-3,14-18H2,1H3,(H,33,36)(H,34,37)/t27-,29-/m0/s1. The summed E-state index contributed by atoms with van der Waals surface area (Å²) in [6, 6.07) is 14.3. The van der Waals surface area contributed by atoms with Crippen LogP contribution in [0.5, 0.6) is 23.0 Å². The number of ether oxygens (including phenoxy) is 4. The van der Waals surface area contributed by atoms with Gasteiger partial charge in [0.25, 0.3) is 11.8 Å². The fraction of sp³-hybridized carbons (Fsp3) is 0.355. The molecule has 44 heavy (non-hydrogen) atoms. The van der Waals surface area contributed by atoms with Crippen LogP contribution in [0.4, 0.5) is 4.39 Å². The average molecular weight is 626 g/mol. The molecule has 4 bridgehead atoms. The van der Waals surface area contributed by atoms with E-state index in [1.807, 2.05) is 0 Å². The Labute approximate surface area is 254 Å². The monoisotopic (exact) mass is 625 g/mol. The molecule has 3 aromatic carbocycles. The molecule has 1 aliphatic carbocycles. The van der Waals surface area contributed by atoms with Crippen molar-refractivity contribution in [3.05, 3.63) is 77.6 Å². The molecule has 4 aliphatic rings. The summed E-state index contributed by atoms with van der Waals surface area (Å²) < 4.78 is 65.5. The first kappa shape index (κ1) is 29.7. The van der Waals surface area contributed by atoms with Crippen LogP contribution in [-0.4, -0.2) is 70.1 Å². The molecule has 1 saturated carbocycles. The summed E-state index contributed by atoms with van der Waals surface area (Å²) in [5.41, 5.74) is 1.02. The second-order valence-corrected chi connectivity index (χ2v) is 12.9. The number of benzene rings is 3. The van der Waals surface area contributed by atoms with E-state index < -0.39 is 33.9 Å². The van der Waals surface area contributed by atoms with Gasteiger partial charge in [0.1, 0.15) is 23.4 Å². The minimum atomic E-state index is -4.16. The maximum Gasteiger partial charge on any atom is 0.258 e. The molecule has 2 atom stereocenters. The van der Waals surface area contributed by atoms with Gasteiger partial charge in [-0.2, -0.15) is 4.31 Å². The normalized spacial score (nSPS) is 20.9. The van der Waals surface area contributed by atoms with Crippen LogP contribution in [-0.2, 0) is 21.4 Å². The van der Waals surface area contributed by atoms with Crippen LogP contribution in [0.2, 0.25) is 0 Å². The van der Waals surface area contributed by atoms with Gasteiger partial charge in [-0.25, -0.2) is 12.8 Å². The Morgan fingerprint density at radius 3 is 2.52 bits per heavy atom. The molecule has 2 N–H and O–H groups in total. The van der Waals surface area contributed by atoms with Crippen molar-refractivity contribution in [2.75, 3.05) is 33.4 Å². The number of rotatable bonds is 6. The smallest absolute Gasteiger partial charge is 0.258 e. The Morgan fingerprint density at radius 2 is 1.80 bits per heavy atom. The number of sulfonamides is 1. The van der Waals surface area contributed by atoms with E-state index in [1.165, 1.54) is 25.3 Å². The van der Waals surface area contributed by atoms with Crippen molar-refractivity contribution in [2.45, 2.75) is 36.4 Å². The predicted octanol–water partition coefficient (Wildman–Crippen LogP) is 2.88. The van der Waals surface area contributed by atoms with Crippen LogP contribution in [0.25, 0.3) is 0 Å². The number of fused-ring (bicyclic) bond motifs is 7. The fourth-order valence-corrected chi connectivity index (χ4v) is 6.52. The second-order valence-electron chi connectivity index (χ2n) is 11.0. The van der Waals surface area contributed by atoms with Crippen LogP contribution in [0.3, 0.4) is 0 Å². The van der Waals surface area contributed by atoms with Gasteiger partial charge in [0.05, 0.1) is 31.2 Å². The third kappa shape index (κ3) is 6.73. The number of hydrogen-bond donors (Lipinski definition) is 2. The van der Waals surface area contributed by atoms with Gasteiger partial charge in [0, 0.05) is 24.7 Å². The zero-order valence-electron chi connectivity index (χ0n) is 24.0. The van der Waals surface area contributed by atoms with Gasteiger partial charge in [0.15, 0.2) is 18.2 Å². The highest BCUT2D eigenvalue weighted by molar-refractivity contribution is 7.89. The first-order chi connectivity index (χ1) is 21.2. The molecule has 1 saturated heterocycles. The molecule has 11 nitrogen and oxygen atoms in total. The Balaban J connectivity index is 1.31. The van der Waals surface area contributed by atoms with Crippen LogP contribution in [0.15, 0.2) is 65.6 Å². The zero-order valence-corrected chi connectivity index (χ0v) is 24.8. The van der Waals surface area contributed by atoms with Crippen molar-refractivity contribution < 1.29 is 41.3 Å². The van der Waals surface area contributed by atoms with E-state index in [-0.39, 0.29) is 54.1 Å². The summed E-state index contributed by atoms with van der Waals surface area (Å²) >= 11 is 0. The number of nitrogens with zero attached hydrogens (tertiary/aromatic N) is 1. The molecule has 0 aromatic heterocycles. The van der Waals surface area contributed by atoms with Gasteiger partial charge in [-0.3, -0.25) is 9.59 Å². The summed E-state index contributed by atoms with van der Waals surface area (Å²) in [5.74, 6) is -0.126. The maximum atomic E-state index is 14.4. The maximum absolute atomic E-state index is 14.4. The van der Waals surface area contributed by atoms with E-state index in [1.54, 1.807) is 36.4 Å². The molecule has 3 aliphatic heterocycles. The molecular formula is C31H32FN3O8S. The molecule has 2 fully saturated rings. The molecule has 3 heterocycles. The van der Waals surface area contributed by atoms with Gasteiger partial charge in [0.2, 0.25) is 10.0 Å². The number of carbonyl (C=O) groups excluding carboxylic acids is 2. The molecular weight excluding hydrogens is 593 g/mol. The van der Waals surface area contributed by atoms with Crippen molar-refractivity contribution >= 4 is 21.8 Å². The van der Waals surface area contributed by atoms with Crippen LogP contribution in [0.1, 0.15) is 28.8 Å². The molecule has 2 amide bonds. The van der Waals surface area contributed by atoms with E-state index >= 15 is 0 Å². The average Bonchev–Trinajstić information content (AvgIpc) is 3.77. The topological polar surface area (TPSA) is 132 Å². The molecule has 7 rings (SSSR count). The van der Waals surface area contributed by atoms with Crippen LogP contribution in [0, 0.1) is 11.7 Å². The molecule has 232 valence electrons. The number of amides is 2. The van der Waals surface area contributed by atoms with Crippen molar-refractivity contribution in [1.82, 2.24) is 14.9 Å². The Morgan fingerprint density at radius 1 is 1.00 bits per heavy atom. The summed E-state index contributed by atoms with van der Waals surface area (Å²) in [7, 11) is -2.86. The lowest BCUT2D eigenvalue weighted by atomic mass is 10.1. The van der Waals surface area contributed by atoms with E-state index in [2.05, 4.69) is 10.6 Å². The minimum Gasteiger partial charge on any atom is -0.494 e. The van der Waals surface area contributed by atoms with E-state index in [9.17, 15) is 22.4 Å². The second kappa shape index (κ2) is 12.3. The summed E-state index contributed by atoms with van der Waals surface area (Å²) in [6.07, 6.45) is 1.39. The number of methoxy groups -OCH3 is 1. The lowest BCUT2D eigenvalue weighted by Crippen LogP contribution is -2.45. The van der Waals surface area contributed by atoms with Gasteiger partial charge >= 0.3 is 0 Å². The number of hydrogen-bond acceptors (Lipinski definition) is 8. The predicted molar refractivity (Wildman–Crippen MR) is 156 cm³/mol. The number of halogens is 1. The van der Waals surface area contributed by atoms with Crippen molar-refractivity contribution in [1.29, 1.82) is 0 Å². The van der Waals surface area contributed by atoms with Gasteiger partial charge in [-0.05, 0) is 66.8 Å². The lowest BCUT2D eigenvalue weighted by Gasteiger charge is -2.21. The minimum absolute atomic E-state index is 0.0777. The largest absolute Gasteiger partial charge is 0.494 e. The summed E-state index contributed by atoms with van der Waals surface area (Å²) in [5, 5.41) is 5.71. The molecule has 3 aromatic rings. The van der Waals surface area contributed by atoms with Gasteiger partial charge in [-0.1, -0.05) is 12.1 Å². The van der Waals surface area contributed by atoms with Crippen molar-refractivity contribution in [3.63, 3.8) is 0 Å². The molecule has 13 heteroatoms. The van der Waals surface area contributed by atoms with E-state index in [0.29, 0.717) is 24.0 Å². The molecule has 0 spiro atoms. The van der Waals surface area contributed by atoms with Crippen molar-refractivity contribution in [2.24, 2.45) is 5.92 Å². The van der Waals surface area contributed by atoms with Crippen LogP contribution >= 0.6 is 0 Å². The Kier molecular flexibility index (Phi) is 8.32. The number of carbonyl (C=O) groups is 2.